The number of aromatic nitrogens is 2. The summed E-state index contributed by atoms with van der Waals surface area (Å²) in [5, 5.41) is 28.2. The molecule has 5 nitrogen and oxygen atoms in total. The molecule has 0 fully saturated rings. The van der Waals surface area contributed by atoms with E-state index in [0.717, 1.165) is 76.9 Å². The van der Waals surface area contributed by atoms with E-state index in [1.54, 1.807) is 11.3 Å². The number of hydrogen-bond acceptors (Lipinski definition) is 4. The Balaban J connectivity index is 1.17. The van der Waals surface area contributed by atoms with Gasteiger partial charge in [-0.1, -0.05) is 36.4 Å². The average molecular weight is 655 g/mol. The van der Waals surface area contributed by atoms with Crippen LogP contribution in [0.4, 0.5) is 0 Å². The lowest BCUT2D eigenvalue weighted by Crippen LogP contribution is -1.94. The minimum Gasteiger partial charge on any atom is -0.456 e. The van der Waals surface area contributed by atoms with Gasteiger partial charge in [-0.2, -0.15) is 10.5 Å². The molecule has 0 amide bonds. The Bertz CT molecular complexity index is 3360. The fourth-order valence-corrected chi connectivity index (χ4v) is 9.05. The minimum absolute atomic E-state index is 0.647. The second-order valence-electron chi connectivity index (χ2n) is 12.8. The standard InChI is InChI=1S/C44H22N4OS/c45-23-25-9-13-39-31(17-25)29-5-1-3-7-37(29)47(39)27-11-14-41-33(19-27)34-20-28(12-15-42(34)49-41)48-38-8-4-2-6-30(38)32-22-44-36(21-40(32)48)35-18-26(24-46)10-16-43(35)50-44/h1-22H. The highest BCUT2D eigenvalue weighted by Crippen LogP contribution is 2.42. The molecule has 0 bridgehead atoms. The average Bonchev–Trinajstić information content (AvgIpc) is 3.90. The molecule has 11 aromatic rings. The van der Waals surface area contributed by atoms with Gasteiger partial charge >= 0.3 is 0 Å². The van der Waals surface area contributed by atoms with Gasteiger partial charge in [0.25, 0.3) is 0 Å². The predicted octanol–water partition coefficient (Wildman–Crippen LogP) is 11.9. The molecule has 0 aliphatic heterocycles. The molecule has 0 radical (unpaired) electrons. The molecule has 0 N–H and O–H groups in total. The maximum Gasteiger partial charge on any atom is 0.135 e. The fourth-order valence-electron chi connectivity index (χ4n) is 7.94. The molecule has 6 heteroatoms. The number of nitriles is 2. The highest BCUT2D eigenvalue weighted by atomic mass is 32.1. The van der Waals surface area contributed by atoms with Gasteiger partial charge in [0.2, 0.25) is 0 Å². The Morgan fingerprint density at radius 1 is 0.420 bits per heavy atom. The van der Waals surface area contributed by atoms with Crippen molar-refractivity contribution in [3.05, 3.63) is 145 Å². The molecule has 0 saturated carbocycles. The number of rotatable bonds is 2. The van der Waals surface area contributed by atoms with E-state index in [0.29, 0.717) is 11.1 Å². The molecule has 0 saturated heterocycles. The Morgan fingerprint density at radius 3 is 1.62 bits per heavy atom. The van der Waals surface area contributed by atoms with Crippen molar-refractivity contribution < 1.29 is 4.42 Å². The summed E-state index contributed by atoms with van der Waals surface area (Å²) in [6.07, 6.45) is 0. The van der Waals surface area contributed by atoms with Crippen molar-refractivity contribution in [3.8, 4) is 23.5 Å². The molecule has 11 rings (SSSR count). The topological polar surface area (TPSA) is 70.6 Å². The normalized spacial score (nSPS) is 12.0. The molecule has 0 aliphatic rings. The Kier molecular flexibility index (Phi) is 5.34. The summed E-state index contributed by atoms with van der Waals surface area (Å²) in [5.41, 5.74) is 9.45. The van der Waals surface area contributed by atoms with Gasteiger partial charge < -0.3 is 13.6 Å². The van der Waals surface area contributed by atoms with E-state index in [1.807, 2.05) is 36.4 Å². The molecule has 50 heavy (non-hydrogen) atoms. The summed E-state index contributed by atoms with van der Waals surface area (Å²) in [4.78, 5) is 0. The number of furan rings is 1. The maximum absolute atomic E-state index is 9.62. The number of para-hydroxylation sites is 2. The summed E-state index contributed by atoms with van der Waals surface area (Å²) < 4.78 is 13.4. The predicted molar refractivity (Wildman–Crippen MR) is 205 cm³/mol. The van der Waals surface area contributed by atoms with Gasteiger partial charge in [0, 0.05) is 63.9 Å². The van der Waals surface area contributed by atoms with Crippen molar-refractivity contribution >= 4 is 97.1 Å². The Morgan fingerprint density at radius 2 is 0.960 bits per heavy atom. The monoisotopic (exact) mass is 654 g/mol. The van der Waals surface area contributed by atoms with E-state index in [2.05, 4.69) is 118 Å². The molecule has 0 atom stereocenters. The third-order valence-electron chi connectivity index (χ3n) is 10.1. The number of hydrogen-bond donors (Lipinski definition) is 0. The molecule has 0 spiro atoms. The van der Waals surface area contributed by atoms with Crippen molar-refractivity contribution in [3.63, 3.8) is 0 Å². The van der Waals surface area contributed by atoms with Crippen LogP contribution in [0.3, 0.4) is 0 Å². The molecule has 230 valence electrons. The summed E-state index contributed by atoms with van der Waals surface area (Å²) in [6.45, 7) is 0. The molecule has 4 heterocycles. The van der Waals surface area contributed by atoms with E-state index in [-0.39, 0.29) is 0 Å². The third kappa shape index (κ3) is 3.63. The molecule has 0 unspecified atom stereocenters. The minimum atomic E-state index is 0.647. The van der Waals surface area contributed by atoms with E-state index in [9.17, 15) is 10.5 Å². The van der Waals surface area contributed by atoms with Crippen LogP contribution >= 0.6 is 11.3 Å². The van der Waals surface area contributed by atoms with Gasteiger partial charge in [-0.15, -0.1) is 11.3 Å². The van der Waals surface area contributed by atoms with Crippen molar-refractivity contribution in [2.24, 2.45) is 0 Å². The Labute approximate surface area is 288 Å². The molecular weight excluding hydrogens is 633 g/mol. The van der Waals surface area contributed by atoms with Crippen LogP contribution in [0.5, 0.6) is 0 Å². The molecule has 0 aliphatic carbocycles. The number of fused-ring (bicyclic) bond motifs is 12. The van der Waals surface area contributed by atoms with Crippen LogP contribution in [0, 0.1) is 22.7 Å². The SMILES string of the molecule is N#Cc1ccc2sc3cc4c5ccccc5n(-c5ccc6oc7ccc(-n8c9ccccc9c9cc(C#N)ccc98)cc7c6c5)c4cc3c2c1. The van der Waals surface area contributed by atoms with Crippen LogP contribution in [0.25, 0.3) is 97.1 Å². The van der Waals surface area contributed by atoms with Crippen molar-refractivity contribution in [1.82, 2.24) is 9.13 Å². The van der Waals surface area contributed by atoms with E-state index in [4.69, 9.17) is 4.42 Å². The Hall–Kier alpha value is -6.86. The second-order valence-corrected chi connectivity index (χ2v) is 13.9. The first-order valence-electron chi connectivity index (χ1n) is 16.4. The molecule has 7 aromatic carbocycles. The smallest absolute Gasteiger partial charge is 0.135 e. The zero-order chi connectivity index (χ0) is 33.1. The van der Waals surface area contributed by atoms with E-state index < -0.39 is 0 Å². The quantitative estimate of drug-likeness (QED) is 0.186. The van der Waals surface area contributed by atoms with Crippen LogP contribution in [-0.2, 0) is 0 Å². The van der Waals surface area contributed by atoms with Gasteiger partial charge in [-0.05, 0) is 97.1 Å². The van der Waals surface area contributed by atoms with Crippen LogP contribution in [-0.4, -0.2) is 9.13 Å². The first-order valence-corrected chi connectivity index (χ1v) is 17.2. The van der Waals surface area contributed by atoms with Gasteiger partial charge in [-0.3, -0.25) is 0 Å². The summed E-state index contributed by atoms with van der Waals surface area (Å²) in [7, 11) is 0. The molecular formula is C44H22N4OS. The van der Waals surface area contributed by atoms with Crippen LogP contribution < -0.4 is 0 Å². The lowest BCUT2D eigenvalue weighted by molar-refractivity contribution is 0.669. The van der Waals surface area contributed by atoms with Crippen molar-refractivity contribution in [1.29, 1.82) is 10.5 Å². The summed E-state index contributed by atoms with van der Waals surface area (Å²) in [5.74, 6) is 0. The highest BCUT2D eigenvalue weighted by Gasteiger charge is 2.19. The lowest BCUT2D eigenvalue weighted by atomic mass is 10.1. The number of benzene rings is 7. The highest BCUT2D eigenvalue weighted by molar-refractivity contribution is 7.25. The first kappa shape index (κ1) is 27.1. The summed E-state index contributed by atoms with van der Waals surface area (Å²) in [6, 6.07) is 50.9. The lowest BCUT2D eigenvalue weighted by Gasteiger charge is -2.09. The number of nitrogens with zero attached hydrogens (tertiary/aromatic N) is 4. The van der Waals surface area contributed by atoms with E-state index >= 15 is 0 Å². The van der Waals surface area contributed by atoms with E-state index in [1.165, 1.54) is 20.2 Å². The molecule has 4 aromatic heterocycles. The van der Waals surface area contributed by atoms with Crippen LogP contribution in [0.1, 0.15) is 11.1 Å². The fraction of sp³-hybridized carbons (Fsp3) is 0. The van der Waals surface area contributed by atoms with Gasteiger partial charge in [0.05, 0.1) is 45.3 Å². The van der Waals surface area contributed by atoms with Crippen LogP contribution in [0.2, 0.25) is 0 Å². The maximum atomic E-state index is 9.62. The summed E-state index contributed by atoms with van der Waals surface area (Å²) >= 11 is 1.77. The van der Waals surface area contributed by atoms with Crippen LogP contribution in [0.15, 0.2) is 138 Å². The largest absolute Gasteiger partial charge is 0.456 e. The van der Waals surface area contributed by atoms with Gasteiger partial charge in [-0.25, -0.2) is 0 Å². The van der Waals surface area contributed by atoms with Gasteiger partial charge in [0.15, 0.2) is 0 Å². The van der Waals surface area contributed by atoms with Crippen molar-refractivity contribution in [2.45, 2.75) is 0 Å². The van der Waals surface area contributed by atoms with Crippen molar-refractivity contribution in [2.75, 3.05) is 0 Å². The second kappa shape index (κ2) is 9.84. The zero-order valence-electron chi connectivity index (χ0n) is 26.3. The first-order chi connectivity index (χ1) is 24.7. The van der Waals surface area contributed by atoms with Gasteiger partial charge in [0.1, 0.15) is 11.2 Å². The zero-order valence-corrected chi connectivity index (χ0v) is 27.1. The number of thiophene rings is 1. The third-order valence-corrected chi connectivity index (χ3v) is 11.3.